The number of carboxylic acids is 1. The van der Waals surface area contributed by atoms with Gasteiger partial charge in [0, 0.05) is 13.0 Å². The van der Waals surface area contributed by atoms with E-state index >= 15 is 0 Å². The Morgan fingerprint density at radius 2 is 2.00 bits per heavy atom. The van der Waals surface area contributed by atoms with Crippen molar-refractivity contribution in [2.45, 2.75) is 18.2 Å². The van der Waals surface area contributed by atoms with E-state index in [9.17, 15) is 13.2 Å². The first-order valence-electron chi connectivity index (χ1n) is 7.55. The Bertz CT molecular complexity index is 1010. The molecule has 0 fully saturated rings. The quantitative estimate of drug-likeness (QED) is 0.690. The maximum absolute atomic E-state index is 12.4. The highest BCUT2D eigenvalue weighted by Gasteiger charge is 2.17. The van der Waals surface area contributed by atoms with Crippen molar-refractivity contribution in [1.82, 2.24) is 9.71 Å². The lowest BCUT2D eigenvalue weighted by atomic mass is 10.1. The molecule has 6 nitrogen and oxygen atoms in total. The largest absolute Gasteiger partial charge is 0.478 e. The maximum atomic E-state index is 12.4. The molecule has 0 amide bonds. The number of carbonyl (C=O) groups is 1. The topological polar surface area (TPSA) is 96.4 Å². The van der Waals surface area contributed by atoms with E-state index in [0.29, 0.717) is 12.0 Å². The van der Waals surface area contributed by atoms with Crippen molar-refractivity contribution >= 4 is 37.5 Å². The van der Waals surface area contributed by atoms with Crippen LogP contribution in [0.15, 0.2) is 47.4 Å². The van der Waals surface area contributed by atoms with Crippen LogP contribution in [0.2, 0.25) is 0 Å². The summed E-state index contributed by atoms with van der Waals surface area (Å²) in [5.74, 6) is -1.15. The summed E-state index contributed by atoms with van der Waals surface area (Å²) >= 11 is 1.53. The zero-order chi connectivity index (χ0) is 18.0. The van der Waals surface area contributed by atoms with E-state index in [1.54, 1.807) is 6.92 Å². The Morgan fingerprint density at radius 1 is 1.24 bits per heavy atom. The summed E-state index contributed by atoms with van der Waals surface area (Å²) in [5, 5.41) is 9.97. The third-order valence-electron chi connectivity index (χ3n) is 3.72. The summed E-state index contributed by atoms with van der Waals surface area (Å²) < 4.78 is 28.3. The normalized spacial score (nSPS) is 11.7. The van der Waals surface area contributed by atoms with E-state index in [2.05, 4.69) is 9.71 Å². The number of aromatic nitrogens is 1. The molecule has 2 N–H and O–H groups in total. The fourth-order valence-corrected chi connectivity index (χ4v) is 4.43. The highest BCUT2D eigenvalue weighted by Crippen LogP contribution is 2.22. The van der Waals surface area contributed by atoms with Crippen LogP contribution >= 0.6 is 11.3 Å². The number of para-hydroxylation sites is 1. The van der Waals surface area contributed by atoms with E-state index in [-0.39, 0.29) is 17.0 Å². The molecule has 0 bridgehead atoms. The molecule has 0 aliphatic heterocycles. The van der Waals surface area contributed by atoms with Crippen molar-refractivity contribution in [3.05, 3.63) is 58.6 Å². The summed E-state index contributed by atoms with van der Waals surface area (Å²) in [6.45, 7) is 1.82. The van der Waals surface area contributed by atoms with Crippen molar-refractivity contribution in [2.24, 2.45) is 0 Å². The predicted molar refractivity (Wildman–Crippen MR) is 96.7 cm³/mol. The molecule has 0 aliphatic carbocycles. The molecule has 2 aromatic carbocycles. The van der Waals surface area contributed by atoms with Crippen LogP contribution in [0.3, 0.4) is 0 Å². The first-order valence-corrected chi connectivity index (χ1v) is 9.85. The standard InChI is InChI=1S/C17H16N2O4S2/c1-11-6-7-12(10-13(11)17(20)21)25(22,23)18-9-8-16-19-14-4-2-3-5-15(14)24-16/h2-7,10,18H,8-9H2,1H3,(H,20,21). The van der Waals surface area contributed by atoms with Crippen molar-refractivity contribution in [3.63, 3.8) is 0 Å². The van der Waals surface area contributed by atoms with Gasteiger partial charge in [0.25, 0.3) is 0 Å². The van der Waals surface area contributed by atoms with Gasteiger partial charge in [-0.2, -0.15) is 0 Å². The smallest absolute Gasteiger partial charge is 0.335 e. The molecule has 130 valence electrons. The zero-order valence-electron chi connectivity index (χ0n) is 13.4. The monoisotopic (exact) mass is 376 g/mol. The fourth-order valence-electron chi connectivity index (χ4n) is 2.40. The van der Waals surface area contributed by atoms with Crippen LogP contribution in [-0.4, -0.2) is 31.0 Å². The number of aromatic carboxylic acids is 1. The number of nitrogens with zero attached hydrogens (tertiary/aromatic N) is 1. The van der Waals surface area contributed by atoms with Crippen LogP contribution in [0.4, 0.5) is 0 Å². The van der Waals surface area contributed by atoms with Gasteiger partial charge in [0.2, 0.25) is 10.0 Å². The Kier molecular flexibility index (Phi) is 4.85. The molecule has 0 atom stereocenters. The number of nitrogens with one attached hydrogen (secondary N) is 1. The van der Waals surface area contributed by atoms with Gasteiger partial charge >= 0.3 is 5.97 Å². The molecule has 0 saturated carbocycles. The molecule has 0 aliphatic rings. The number of thiazole rings is 1. The second kappa shape index (κ2) is 6.91. The Balaban J connectivity index is 1.71. The average Bonchev–Trinajstić information content (AvgIpc) is 2.97. The minimum Gasteiger partial charge on any atom is -0.478 e. The summed E-state index contributed by atoms with van der Waals surface area (Å²) in [5.41, 5.74) is 1.39. The Hall–Kier alpha value is -2.29. The fraction of sp³-hybridized carbons (Fsp3) is 0.176. The molecule has 1 heterocycles. The van der Waals surface area contributed by atoms with Crippen LogP contribution in [0.5, 0.6) is 0 Å². The van der Waals surface area contributed by atoms with Crippen molar-refractivity contribution in [3.8, 4) is 0 Å². The highest BCUT2D eigenvalue weighted by atomic mass is 32.2. The van der Waals surface area contributed by atoms with Crippen LogP contribution < -0.4 is 4.72 Å². The number of rotatable bonds is 6. The van der Waals surface area contributed by atoms with Gasteiger partial charge in [-0.05, 0) is 36.8 Å². The van der Waals surface area contributed by atoms with Gasteiger partial charge in [0.15, 0.2) is 0 Å². The van der Waals surface area contributed by atoms with Gasteiger partial charge in [-0.25, -0.2) is 22.9 Å². The maximum Gasteiger partial charge on any atom is 0.335 e. The third-order valence-corrected chi connectivity index (χ3v) is 6.27. The van der Waals surface area contributed by atoms with Crippen molar-refractivity contribution in [2.75, 3.05) is 6.54 Å². The van der Waals surface area contributed by atoms with E-state index < -0.39 is 16.0 Å². The van der Waals surface area contributed by atoms with Crippen molar-refractivity contribution in [1.29, 1.82) is 0 Å². The van der Waals surface area contributed by atoms with Crippen LogP contribution in [0.25, 0.3) is 10.2 Å². The lowest BCUT2D eigenvalue weighted by Gasteiger charge is -2.08. The molecular weight excluding hydrogens is 360 g/mol. The minimum atomic E-state index is -3.77. The molecule has 1 aromatic heterocycles. The number of aryl methyl sites for hydroxylation is 1. The van der Waals surface area contributed by atoms with Crippen LogP contribution in [-0.2, 0) is 16.4 Å². The number of benzene rings is 2. The van der Waals surface area contributed by atoms with E-state index in [0.717, 1.165) is 15.2 Å². The predicted octanol–water partition coefficient (Wildman–Crippen LogP) is 2.82. The molecule has 25 heavy (non-hydrogen) atoms. The molecule has 8 heteroatoms. The number of sulfonamides is 1. The highest BCUT2D eigenvalue weighted by molar-refractivity contribution is 7.89. The van der Waals surface area contributed by atoms with Gasteiger partial charge < -0.3 is 5.11 Å². The lowest BCUT2D eigenvalue weighted by molar-refractivity contribution is 0.0696. The molecule has 0 radical (unpaired) electrons. The molecule has 3 rings (SSSR count). The summed E-state index contributed by atoms with van der Waals surface area (Å²) in [4.78, 5) is 15.6. The second-order valence-electron chi connectivity index (χ2n) is 5.50. The molecular formula is C17H16N2O4S2. The van der Waals surface area contributed by atoms with Crippen LogP contribution in [0, 0.1) is 6.92 Å². The minimum absolute atomic E-state index is 0.0194. The summed E-state index contributed by atoms with van der Waals surface area (Å²) in [6, 6.07) is 11.8. The Labute approximate surface area is 149 Å². The molecule has 0 saturated heterocycles. The van der Waals surface area contributed by atoms with E-state index in [1.807, 2.05) is 24.3 Å². The second-order valence-corrected chi connectivity index (χ2v) is 8.39. The van der Waals surface area contributed by atoms with Crippen LogP contribution in [0.1, 0.15) is 20.9 Å². The summed E-state index contributed by atoms with van der Waals surface area (Å²) in [7, 11) is -3.77. The number of hydrogen-bond acceptors (Lipinski definition) is 5. The number of fused-ring (bicyclic) bond motifs is 1. The Morgan fingerprint density at radius 3 is 2.72 bits per heavy atom. The van der Waals surface area contributed by atoms with Crippen molar-refractivity contribution < 1.29 is 18.3 Å². The van der Waals surface area contributed by atoms with Gasteiger partial charge in [0.1, 0.15) is 0 Å². The summed E-state index contributed by atoms with van der Waals surface area (Å²) in [6.07, 6.45) is 0.468. The first kappa shape index (κ1) is 17.5. The molecule has 0 unspecified atom stereocenters. The number of hydrogen-bond donors (Lipinski definition) is 2. The van der Waals surface area contributed by atoms with Gasteiger partial charge in [0.05, 0.1) is 25.7 Å². The van der Waals surface area contributed by atoms with Gasteiger partial charge in [-0.1, -0.05) is 18.2 Å². The van der Waals surface area contributed by atoms with E-state index in [1.165, 1.54) is 29.5 Å². The first-order chi connectivity index (χ1) is 11.9. The van der Waals surface area contributed by atoms with Gasteiger partial charge in [-0.3, -0.25) is 0 Å². The molecule has 0 spiro atoms. The lowest BCUT2D eigenvalue weighted by Crippen LogP contribution is -2.26. The average molecular weight is 376 g/mol. The number of carboxylic acid groups (broad SMARTS) is 1. The zero-order valence-corrected chi connectivity index (χ0v) is 15.0. The SMILES string of the molecule is Cc1ccc(S(=O)(=O)NCCc2nc3ccccc3s2)cc1C(=O)O. The molecule has 3 aromatic rings. The van der Waals surface area contributed by atoms with E-state index in [4.69, 9.17) is 5.11 Å². The third kappa shape index (κ3) is 3.87. The van der Waals surface area contributed by atoms with Gasteiger partial charge in [-0.15, -0.1) is 11.3 Å².